The summed E-state index contributed by atoms with van der Waals surface area (Å²) in [5.41, 5.74) is 1.65. The predicted octanol–water partition coefficient (Wildman–Crippen LogP) is 1.95. The fourth-order valence-electron chi connectivity index (χ4n) is 2.24. The number of anilines is 1. The second kappa shape index (κ2) is 6.28. The molecule has 1 aliphatic heterocycles. The van der Waals surface area contributed by atoms with Gasteiger partial charge >= 0.3 is 0 Å². The molecule has 0 N–H and O–H groups in total. The number of aromatic nitrogens is 3. The molecule has 0 saturated carbocycles. The van der Waals surface area contributed by atoms with Gasteiger partial charge in [0.25, 0.3) is 0 Å². The first-order chi connectivity index (χ1) is 10.3. The van der Waals surface area contributed by atoms with Crippen LogP contribution >= 0.6 is 15.9 Å². The van der Waals surface area contributed by atoms with E-state index in [4.69, 9.17) is 4.74 Å². The number of carbonyl (C=O) groups excluding carboxylic acids is 1. The van der Waals surface area contributed by atoms with Crippen molar-refractivity contribution in [1.29, 1.82) is 0 Å². The molecule has 0 bridgehead atoms. The summed E-state index contributed by atoms with van der Waals surface area (Å²) in [5, 5.41) is 0. The predicted molar refractivity (Wildman–Crippen MR) is 81.4 cm³/mol. The van der Waals surface area contributed by atoms with Gasteiger partial charge in [-0.3, -0.25) is 9.78 Å². The van der Waals surface area contributed by atoms with Crippen LogP contribution in [0.1, 0.15) is 10.4 Å². The van der Waals surface area contributed by atoms with Gasteiger partial charge in [0.05, 0.1) is 19.4 Å². The molecule has 0 aliphatic carbocycles. The van der Waals surface area contributed by atoms with Crippen LogP contribution in [0.15, 0.2) is 29.1 Å². The Bertz CT molecular complexity index is 659. The van der Waals surface area contributed by atoms with Crippen LogP contribution in [-0.2, 0) is 4.74 Å². The van der Waals surface area contributed by atoms with Gasteiger partial charge in [0.2, 0.25) is 0 Å². The number of nitrogens with zero attached hydrogens (tertiary/aromatic N) is 4. The maximum atomic E-state index is 11.2. The Hall–Kier alpha value is -1.86. The number of pyridine rings is 1. The van der Waals surface area contributed by atoms with Crippen LogP contribution in [0.4, 0.5) is 5.82 Å². The largest absolute Gasteiger partial charge is 0.378 e. The first-order valence-corrected chi connectivity index (χ1v) is 7.34. The zero-order valence-corrected chi connectivity index (χ0v) is 12.8. The minimum atomic E-state index is 0.499. The molecule has 0 amide bonds. The van der Waals surface area contributed by atoms with Gasteiger partial charge in [0, 0.05) is 24.8 Å². The van der Waals surface area contributed by atoms with E-state index in [-0.39, 0.29) is 0 Å². The number of rotatable bonds is 3. The number of morpholine rings is 1. The molecule has 3 rings (SSSR count). The second-order valence-corrected chi connectivity index (χ2v) is 5.34. The van der Waals surface area contributed by atoms with Gasteiger partial charge in [-0.05, 0) is 28.1 Å². The third-order valence-corrected chi connectivity index (χ3v) is 3.61. The average Bonchev–Trinajstić information content (AvgIpc) is 2.55. The maximum Gasteiger partial charge on any atom is 0.157 e. The van der Waals surface area contributed by atoms with E-state index in [0.717, 1.165) is 25.2 Å². The zero-order chi connectivity index (χ0) is 14.7. The number of halogens is 1. The molecule has 1 saturated heterocycles. The van der Waals surface area contributed by atoms with E-state index in [1.54, 1.807) is 24.5 Å². The van der Waals surface area contributed by atoms with Crippen molar-refractivity contribution < 1.29 is 9.53 Å². The summed E-state index contributed by atoms with van der Waals surface area (Å²) in [6.45, 7) is 2.79. The molecule has 108 valence electrons. The van der Waals surface area contributed by atoms with E-state index in [1.165, 1.54) is 0 Å². The molecule has 6 nitrogen and oxygen atoms in total. The molecule has 0 radical (unpaired) electrons. The number of aldehydes is 1. The van der Waals surface area contributed by atoms with E-state index in [0.29, 0.717) is 34.8 Å². The Labute approximate surface area is 130 Å². The SMILES string of the molecule is O=Cc1cccnc1-c1nc(Br)cnc1N1CCOCC1. The number of hydrogen-bond donors (Lipinski definition) is 0. The Morgan fingerprint density at radius 2 is 2.05 bits per heavy atom. The first kappa shape index (κ1) is 14.1. The molecule has 0 unspecified atom stereocenters. The molecular formula is C14H13BrN4O2. The Morgan fingerprint density at radius 3 is 2.81 bits per heavy atom. The molecular weight excluding hydrogens is 336 g/mol. The lowest BCUT2D eigenvalue weighted by atomic mass is 10.1. The van der Waals surface area contributed by atoms with Crippen molar-refractivity contribution in [3.63, 3.8) is 0 Å². The summed E-state index contributed by atoms with van der Waals surface area (Å²) in [6, 6.07) is 3.45. The quantitative estimate of drug-likeness (QED) is 0.789. The van der Waals surface area contributed by atoms with Gasteiger partial charge in [-0.15, -0.1) is 0 Å². The highest BCUT2D eigenvalue weighted by Crippen LogP contribution is 2.29. The Morgan fingerprint density at radius 1 is 1.24 bits per heavy atom. The van der Waals surface area contributed by atoms with Crippen molar-refractivity contribution in [3.8, 4) is 11.4 Å². The highest BCUT2D eigenvalue weighted by molar-refractivity contribution is 9.10. The van der Waals surface area contributed by atoms with E-state index >= 15 is 0 Å². The van der Waals surface area contributed by atoms with Crippen LogP contribution in [-0.4, -0.2) is 47.5 Å². The summed E-state index contributed by atoms with van der Waals surface area (Å²) in [6.07, 6.45) is 4.08. The minimum absolute atomic E-state index is 0.499. The zero-order valence-electron chi connectivity index (χ0n) is 11.2. The van der Waals surface area contributed by atoms with Crippen LogP contribution in [0, 0.1) is 0 Å². The lowest BCUT2D eigenvalue weighted by molar-refractivity contribution is 0.112. The molecule has 0 atom stereocenters. The van der Waals surface area contributed by atoms with Gasteiger partial charge in [0.1, 0.15) is 16.0 Å². The molecule has 0 aromatic carbocycles. The molecule has 2 aromatic rings. The molecule has 2 aromatic heterocycles. The average molecular weight is 349 g/mol. The standard InChI is InChI=1S/C14H13BrN4O2/c15-11-8-17-14(19-4-6-21-7-5-19)13(18-11)12-10(9-20)2-1-3-16-12/h1-3,8-9H,4-7H2. The van der Waals surface area contributed by atoms with Crippen molar-refractivity contribution in [3.05, 3.63) is 34.7 Å². The van der Waals surface area contributed by atoms with Crippen LogP contribution in [0.25, 0.3) is 11.4 Å². The highest BCUT2D eigenvalue weighted by atomic mass is 79.9. The summed E-state index contributed by atoms with van der Waals surface area (Å²) >= 11 is 3.33. The maximum absolute atomic E-state index is 11.2. The summed E-state index contributed by atoms with van der Waals surface area (Å²) in [7, 11) is 0. The van der Waals surface area contributed by atoms with Crippen LogP contribution in [0.2, 0.25) is 0 Å². The third-order valence-electron chi connectivity index (χ3n) is 3.22. The van der Waals surface area contributed by atoms with Gasteiger partial charge in [-0.2, -0.15) is 0 Å². The molecule has 21 heavy (non-hydrogen) atoms. The molecule has 1 fully saturated rings. The van der Waals surface area contributed by atoms with E-state index in [1.807, 2.05) is 0 Å². The van der Waals surface area contributed by atoms with Crippen molar-refractivity contribution in [2.75, 3.05) is 31.2 Å². The number of ether oxygens (including phenoxy) is 1. The Kier molecular flexibility index (Phi) is 4.21. The van der Waals surface area contributed by atoms with Crippen molar-refractivity contribution in [1.82, 2.24) is 15.0 Å². The van der Waals surface area contributed by atoms with Crippen LogP contribution in [0.5, 0.6) is 0 Å². The minimum Gasteiger partial charge on any atom is -0.378 e. The van der Waals surface area contributed by atoms with Gasteiger partial charge < -0.3 is 9.64 Å². The summed E-state index contributed by atoms with van der Waals surface area (Å²) in [4.78, 5) is 26.6. The highest BCUT2D eigenvalue weighted by Gasteiger charge is 2.21. The van der Waals surface area contributed by atoms with Crippen molar-refractivity contribution in [2.45, 2.75) is 0 Å². The fourth-order valence-corrected chi connectivity index (χ4v) is 2.52. The van der Waals surface area contributed by atoms with Crippen LogP contribution in [0.3, 0.4) is 0 Å². The lowest BCUT2D eigenvalue weighted by Gasteiger charge is -2.29. The van der Waals surface area contributed by atoms with Crippen LogP contribution < -0.4 is 4.90 Å². The number of carbonyl (C=O) groups is 1. The topological polar surface area (TPSA) is 68.2 Å². The van der Waals surface area contributed by atoms with Gasteiger partial charge in [-0.25, -0.2) is 9.97 Å². The third kappa shape index (κ3) is 2.93. The first-order valence-electron chi connectivity index (χ1n) is 6.55. The van der Waals surface area contributed by atoms with Crippen molar-refractivity contribution >= 4 is 28.0 Å². The van der Waals surface area contributed by atoms with Gasteiger partial charge in [0.15, 0.2) is 12.1 Å². The second-order valence-electron chi connectivity index (χ2n) is 4.52. The molecule has 7 heteroatoms. The van der Waals surface area contributed by atoms with E-state index in [2.05, 4.69) is 35.8 Å². The van der Waals surface area contributed by atoms with Gasteiger partial charge in [-0.1, -0.05) is 0 Å². The fraction of sp³-hybridized carbons (Fsp3) is 0.286. The monoisotopic (exact) mass is 348 g/mol. The normalized spacial score (nSPS) is 15.0. The lowest BCUT2D eigenvalue weighted by Crippen LogP contribution is -2.37. The smallest absolute Gasteiger partial charge is 0.157 e. The van der Waals surface area contributed by atoms with E-state index in [9.17, 15) is 4.79 Å². The summed E-state index contributed by atoms with van der Waals surface area (Å²) < 4.78 is 5.97. The summed E-state index contributed by atoms with van der Waals surface area (Å²) in [5.74, 6) is 0.725. The number of hydrogen-bond acceptors (Lipinski definition) is 6. The molecule has 0 spiro atoms. The Balaban J connectivity index is 2.11. The molecule has 1 aliphatic rings. The van der Waals surface area contributed by atoms with Crippen molar-refractivity contribution in [2.24, 2.45) is 0 Å². The van der Waals surface area contributed by atoms with E-state index < -0.39 is 0 Å². The molecule has 3 heterocycles.